The molecule has 0 radical (unpaired) electrons. The second kappa shape index (κ2) is 4.68. The maximum absolute atomic E-state index is 12.0. The van der Waals surface area contributed by atoms with Crippen molar-refractivity contribution >= 4 is 34.1 Å². The number of rotatable bonds is 2. The van der Waals surface area contributed by atoms with Gasteiger partial charge in [-0.05, 0) is 25.1 Å². The van der Waals surface area contributed by atoms with Crippen molar-refractivity contribution in [3.05, 3.63) is 41.2 Å². The van der Waals surface area contributed by atoms with Crippen molar-refractivity contribution in [2.75, 3.05) is 6.61 Å². The Morgan fingerprint density at radius 1 is 1.50 bits per heavy atom. The smallest absolute Gasteiger partial charge is 0.345 e. The molecule has 2 aromatic heterocycles. The standard InChI is InChI=1S/C14H11ClN2O3/c1-2-20-14(19)11-12(18)9-4-3-8(15)7-10(9)17-6-5-16-13(11)17/h3-7,18H,2H2,1H3. The molecule has 2 heterocycles. The average molecular weight is 291 g/mol. The minimum atomic E-state index is -0.599. The van der Waals surface area contributed by atoms with Gasteiger partial charge in [0.1, 0.15) is 11.3 Å². The van der Waals surface area contributed by atoms with Crippen molar-refractivity contribution in [3.8, 4) is 5.75 Å². The SMILES string of the molecule is CCOC(=O)c1c(O)c2ccc(Cl)cc2n2ccnc12. The first-order valence-electron chi connectivity index (χ1n) is 6.08. The van der Waals surface area contributed by atoms with Crippen LogP contribution in [0.2, 0.25) is 5.02 Å². The molecule has 0 atom stereocenters. The Bertz CT molecular complexity index is 826. The zero-order valence-electron chi connectivity index (χ0n) is 10.6. The minimum Gasteiger partial charge on any atom is -0.506 e. The molecule has 0 aliphatic heterocycles. The summed E-state index contributed by atoms with van der Waals surface area (Å²) < 4.78 is 6.68. The van der Waals surface area contributed by atoms with Gasteiger partial charge >= 0.3 is 5.97 Å². The van der Waals surface area contributed by atoms with Crippen molar-refractivity contribution in [2.45, 2.75) is 6.92 Å². The Morgan fingerprint density at radius 2 is 2.30 bits per heavy atom. The molecule has 5 nitrogen and oxygen atoms in total. The fourth-order valence-electron chi connectivity index (χ4n) is 2.22. The Hall–Kier alpha value is -2.27. The van der Waals surface area contributed by atoms with Gasteiger partial charge in [0, 0.05) is 22.8 Å². The number of imidazole rings is 1. The third-order valence-electron chi connectivity index (χ3n) is 3.06. The van der Waals surface area contributed by atoms with E-state index < -0.39 is 5.97 Å². The molecule has 0 unspecified atom stereocenters. The van der Waals surface area contributed by atoms with E-state index in [-0.39, 0.29) is 17.9 Å². The first-order valence-corrected chi connectivity index (χ1v) is 6.45. The molecule has 102 valence electrons. The fraction of sp³-hybridized carbons (Fsp3) is 0.143. The molecule has 0 saturated heterocycles. The molecular weight excluding hydrogens is 280 g/mol. The van der Waals surface area contributed by atoms with E-state index >= 15 is 0 Å². The molecule has 0 aliphatic rings. The number of esters is 1. The van der Waals surface area contributed by atoms with E-state index in [1.165, 1.54) is 0 Å². The zero-order chi connectivity index (χ0) is 14.3. The van der Waals surface area contributed by atoms with Crippen LogP contribution in [0.5, 0.6) is 5.75 Å². The molecule has 0 amide bonds. The van der Waals surface area contributed by atoms with Gasteiger partial charge in [0.15, 0.2) is 5.65 Å². The van der Waals surface area contributed by atoms with Crippen LogP contribution >= 0.6 is 11.6 Å². The Kier molecular flexibility index (Phi) is 2.99. The van der Waals surface area contributed by atoms with E-state index in [2.05, 4.69) is 4.98 Å². The highest BCUT2D eigenvalue weighted by Gasteiger charge is 2.22. The number of benzene rings is 1. The number of pyridine rings is 1. The van der Waals surface area contributed by atoms with Crippen LogP contribution in [0.1, 0.15) is 17.3 Å². The van der Waals surface area contributed by atoms with Crippen LogP contribution in [0.4, 0.5) is 0 Å². The minimum absolute atomic E-state index is 0.0617. The van der Waals surface area contributed by atoms with Crippen molar-refractivity contribution in [1.82, 2.24) is 9.38 Å². The largest absolute Gasteiger partial charge is 0.506 e. The van der Waals surface area contributed by atoms with Crippen LogP contribution in [0.15, 0.2) is 30.6 Å². The summed E-state index contributed by atoms with van der Waals surface area (Å²) in [6.07, 6.45) is 3.26. The summed E-state index contributed by atoms with van der Waals surface area (Å²) in [5.74, 6) is -0.744. The van der Waals surface area contributed by atoms with Crippen LogP contribution in [-0.2, 0) is 4.74 Å². The quantitative estimate of drug-likeness (QED) is 0.737. The molecule has 0 saturated carbocycles. The molecule has 3 aromatic rings. The van der Waals surface area contributed by atoms with Gasteiger partial charge in [-0.1, -0.05) is 11.6 Å². The predicted octanol–water partition coefficient (Wildman–Crippen LogP) is 3.02. The summed E-state index contributed by atoms with van der Waals surface area (Å²) in [6, 6.07) is 5.02. The molecule has 0 aliphatic carbocycles. The number of halogens is 1. The van der Waals surface area contributed by atoms with E-state index in [9.17, 15) is 9.90 Å². The zero-order valence-corrected chi connectivity index (χ0v) is 11.4. The highest BCUT2D eigenvalue weighted by molar-refractivity contribution is 6.31. The lowest BCUT2D eigenvalue weighted by Crippen LogP contribution is -2.08. The summed E-state index contributed by atoms with van der Waals surface area (Å²) >= 11 is 5.98. The molecular formula is C14H11ClN2O3. The number of aromatic nitrogens is 2. The van der Waals surface area contributed by atoms with E-state index in [1.54, 1.807) is 41.9 Å². The molecule has 1 aromatic carbocycles. The average Bonchev–Trinajstić information content (AvgIpc) is 2.88. The normalized spacial score (nSPS) is 11.1. The number of fused-ring (bicyclic) bond motifs is 3. The van der Waals surface area contributed by atoms with E-state index in [0.717, 1.165) is 0 Å². The van der Waals surface area contributed by atoms with E-state index in [0.29, 0.717) is 21.6 Å². The van der Waals surface area contributed by atoms with Crippen molar-refractivity contribution < 1.29 is 14.6 Å². The lowest BCUT2D eigenvalue weighted by atomic mass is 10.1. The lowest BCUT2D eigenvalue weighted by molar-refractivity contribution is 0.0525. The van der Waals surface area contributed by atoms with Crippen molar-refractivity contribution in [3.63, 3.8) is 0 Å². The number of nitrogens with zero attached hydrogens (tertiary/aromatic N) is 2. The number of hydrogen-bond acceptors (Lipinski definition) is 4. The Morgan fingerprint density at radius 3 is 3.05 bits per heavy atom. The van der Waals surface area contributed by atoms with Crippen LogP contribution in [-0.4, -0.2) is 27.1 Å². The van der Waals surface area contributed by atoms with Gasteiger partial charge in [0.2, 0.25) is 0 Å². The second-order valence-corrected chi connectivity index (χ2v) is 4.66. The van der Waals surface area contributed by atoms with Crippen LogP contribution in [0.3, 0.4) is 0 Å². The van der Waals surface area contributed by atoms with Crippen LogP contribution in [0, 0.1) is 0 Å². The van der Waals surface area contributed by atoms with Gasteiger partial charge < -0.3 is 9.84 Å². The van der Waals surface area contributed by atoms with Gasteiger partial charge in [-0.15, -0.1) is 0 Å². The second-order valence-electron chi connectivity index (χ2n) is 4.23. The Labute approximate surface area is 119 Å². The van der Waals surface area contributed by atoms with Crippen molar-refractivity contribution in [1.29, 1.82) is 0 Å². The van der Waals surface area contributed by atoms with E-state index in [1.807, 2.05) is 0 Å². The van der Waals surface area contributed by atoms with Gasteiger partial charge in [-0.25, -0.2) is 9.78 Å². The molecule has 3 rings (SSSR count). The lowest BCUT2D eigenvalue weighted by Gasteiger charge is -2.11. The maximum atomic E-state index is 12.0. The molecule has 20 heavy (non-hydrogen) atoms. The molecule has 1 N–H and O–H groups in total. The number of ether oxygens (including phenoxy) is 1. The molecule has 0 bridgehead atoms. The third kappa shape index (κ3) is 1.78. The van der Waals surface area contributed by atoms with E-state index in [4.69, 9.17) is 16.3 Å². The highest BCUT2D eigenvalue weighted by atomic mass is 35.5. The number of carbonyl (C=O) groups is 1. The summed E-state index contributed by atoms with van der Waals surface area (Å²) in [4.78, 5) is 16.1. The highest BCUT2D eigenvalue weighted by Crippen LogP contribution is 2.33. The van der Waals surface area contributed by atoms with Gasteiger partial charge in [-0.3, -0.25) is 4.40 Å². The molecule has 6 heteroatoms. The van der Waals surface area contributed by atoms with Gasteiger partial charge in [0.05, 0.1) is 12.1 Å². The summed E-state index contributed by atoms with van der Waals surface area (Å²) in [7, 11) is 0. The summed E-state index contributed by atoms with van der Waals surface area (Å²) in [6.45, 7) is 1.93. The van der Waals surface area contributed by atoms with Crippen LogP contribution in [0.25, 0.3) is 16.6 Å². The van der Waals surface area contributed by atoms with Crippen molar-refractivity contribution in [2.24, 2.45) is 0 Å². The van der Waals surface area contributed by atoms with Gasteiger partial charge in [0.25, 0.3) is 0 Å². The third-order valence-corrected chi connectivity index (χ3v) is 3.29. The maximum Gasteiger partial charge on any atom is 0.345 e. The predicted molar refractivity (Wildman–Crippen MR) is 75.3 cm³/mol. The summed E-state index contributed by atoms with van der Waals surface area (Å²) in [5.41, 5.74) is 1.08. The first kappa shape index (κ1) is 12.7. The Balaban J connectivity index is 2.44. The summed E-state index contributed by atoms with van der Waals surface area (Å²) in [5, 5.41) is 11.4. The van der Waals surface area contributed by atoms with Gasteiger partial charge in [-0.2, -0.15) is 0 Å². The molecule has 0 spiro atoms. The fourth-order valence-corrected chi connectivity index (χ4v) is 2.39. The monoisotopic (exact) mass is 290 g/mol. The number of hydrogen-bond donors (Lipinski definition) is 1. The molecule has 0 fully saturated rings. The number of carbonyl (C=O) groups excluding carboxylic acids is 1. The topological polar surface area (TPSA) is 63.8 Å². The van der Waals surface area contributed by atoms with Crippen LogP contribution < -0.4 is 0 Å². The number of aromatic hydroxyl groups is 1. The first-order chi connectivity index (χ1) is 9.63.